The highest BCUT2D eigenvalue weighted by Gasteiger charge is 2.42. The van der Waals surface area contributed by atoms with Gasteiger partial charge in [0, 0.05) is 11.9 Å². The van der Waals surface area contributed by atoms with Crippen LogP contribution in [-0.2, 0) is 4.43 Å². The molecule has 0 aliphatic heterocycles. The van der Waals surface area contributed by atoms with E-state index in [0.29, 0.717) is 11.0 Å². The second-order valence-corrected chi connectivity index (χ2v) is 13.9. The van der Waals surface area contributed by atoms with Crippen molar-refractivity contribution >= 4 is 24.2 Å². The van der Waals surface area contributed by atoms with Gasteiger partial charge < -0.3 is 4.43 Å². The molecule has 0 saturated heterocycles. The largest absolute Gasteiger partial charge is 0.417 e. The molecule has 0 aliphatic rings. The van der Waals surface area contributed by atoms with Crippen molar-refractivity contribution in [3.05, 3.63) is 0 Å². The second kappa shape index (κ2) is 12.9. The van der Waals surface area contributed by atoms with Gasteiger partial charge in [-0.3, -0.25) is 0 Å². The molecule has 1 nitrogen and oxygen atoms in total. The summed E-state index contributed by atoms with van der Waals surface area (Å²) in [6.45, 7) is 15.2. The maximum Gasteiger partial charge on any atom is 0.192 e. The van der Waals surface area contributed by atoms with Crippen LogP contribution >= 0.6 is 15.9 Å². The molecular formula is C20H43BrOSi. The number of hydrogen-bond donors (Lipinski definition) is 0. The fraction of sp³-hybridized carbons (Fsp3) is 1.00. The molecule has 0 aromatic heterocycles. The third kappa shape index (κ3) is 10.3. The van der Waals surface area contributed by atoms with Crippen molar-refractivity contribution in [3.63, 3.8) is 0 Å². The summed E-state index contributed by atoms with van der Waals surface area (Å²) in [6.07, 6.45) is 13.8. The molecule has 0 fully saturated rings. The molecule has 0 aliphatic carbocycles. The Balaban J connectivity index is 3.52. The number of halogens is 1. The van der Waals surface area contributed by atoms with Crippen LogP contribution in [0.3, 0.4) is 0 Å². The predicted molar refractivity (Wildman–Crippen MR) is 112 cm³/mol. The molecule has 3 heteroatoms. The smallest absolute Gasteiger partial charge is 0.192 e. The number of hydrogen-bond acceptors (Lipinski definition) is 1. The van der Waals surface area contributed by atoms with E-state index in [9.17, 15) is 0 Å². The summed E-state index contributed by atoms with van der Waals surface area (Å²) in [5.74, 6) is 0.693. The second-order valence-electron chi connectivity index (χ2n) is 8.46. The molecule has 0 spiro atoms. The van der Waals surface area contributed by atoms with Gasteiger partial charge in [0.05, 0.1) is 0 Å². The first-order valence-electron chi connectivity index (χ1n) is 9.95. The van der Waals surface area contributed by atoms with Crippen molar-refractivity contribution < 1.29 is 4.43 Å². The van der Waals surface area contributed by atoms with Gasteiger partial charge in [0.15, 0.2) is 8.32 Å². The molecule has 0 saturated carbocycles. The van der Waals surface area contributed by atoms with Crippen LogP contribution in [0.1, 0.15) is 91.9 Å². The molecule has 0 bridgehead atoms. The first-order chi connectivity index (χ1) is 10.8. The Hall–Kier alpha value is 0.657. The van der Waals surface area contributed by atoms with Crippen molar-refractivity contribution in [3.8, 4) is 0 Å². The van der Waals surface area contributed by atoms with Gasteiger partial charge in [0.2, 0.25) is 0 Å². The summed E-state index contributed by atoms with van der Waals surface area (Å²) in [6, 6.07) is 0. The van der Waals surface area contributed by atoms with Crippen LogP contribution < -0.4 is 0 Å². The lowest BCUT2D eigenvalue weighted by atomic mass is 9.99. The molecule has 140 valence electrons. The van der Waals surface area contributed by atoms with Crippen molar-refractivity contribution in [1.29, 1.82) is 0 Å². The Labute approximate surface area is 156 Å². The molecule has 0 heterocycles. The Kier molecular flexibility index (Phi) is 13.3. The van der Waals surface area contributed by atoms with Gasteiger partial charge in [-0.05, 0) is 36.9 Å². The van der Waals surface area contributed by atoms with Crippen molar-refractivity contribution in [2.75, 3.05) is 11.9 Å². The minimum Gasteiger partial charge on any atom is -0.417 e. The molecule has 0 radical (unpaired) electrons. The first-order valence-corrected chi connectivity index (χ1v) is 14.0. The molecular weight excluding hydrogens is 364 g/mol. The Morgan fingerprint density at radius 2 is 1.17 bits per heavy atom. The van der Waals surface area contributed by atoms with Crippen molar-refractivity contribution in [2.45, 2.75) is 110 Å². The van der Waals surface area contributed by atoms with Gasteiger partial charge in [-0.25, -0.2) is 0 Å². The van der Waals surface area contributed by atoms with E-state index >= 15 is 0 Å². The lowest BCUT2D eigenvalue weighted by Gasteiger charge is -2.42. The average molecular weight is 408 g/mol. The maximum absolute atomic E-state index is 6.37. The Morgan fingerprint density at radius 3 is 1.57 bits per heavy atom. The molecule has 0 N–H and O–H groups in total. The van der Waals surface area contributed by atoms with Crippen LogP contribution in [0, 0.1) is 5.92 Å². The van der Waals surface area contributed by atoms with E-state index < -0.39 is 8.32 Å². The van der Waals surface area contributed by atoms with E-state index in [1.54, 1.807) is 0 Å². The summed E-state index contributed by atoms with van der Waals surface area (Å²) in [5, 5.41) is 1.52. The quantitative estimate of drug-likeness (QED) is 0.152. The number of alkyl halides is 1. The zero-order valence-electron chi connectivity index (χ0n) is 16.8. The zero-order chi connectivity index (χ0) is 17.8. The highest BCUT2D eigenvalue weighted by Crippen LogP contribution is 2.44. The number of rotatable bonds is 15. The fourth-order valence-corrected chi connectivity index (χ4v) is 5.63. The van der Waals surface area contributed by atoms with Crippen LogP contribution in [-0.4, -0.2) is 20.3 Å². The van der Waals surface area contributed by atoms with Crippen molar-refractivity contribution in [2.24, 2.45) is 5.92 Å². The minimum atomic E-state index is -1.59. The van der Waals surface area contributed by atoms with Crippen LogP contribution in [0.5, 0.6) is 0 Å². The number of unbranched alkanes of at least 4 members (excludes halogenated alkanes) is 9. The van der Waals surface area contributed by atoms with E-state index in [1.807, 2.05) is 0 Å². The third-order valence-electron chi connectivity index (χ3n) is 5.99. The monoisotopic (exact) mass is 406 g/mol. The standard InChI is InChI=1S/C20H43BrOSi/c1-19(2)20(3,4)23(5,6)22-18-16-14-12-10-8-7-9-11-13-15-17-21/h19H,7-18H2,1-6H3. The molecule has 0 aromatic carbocycles. The van der Waals surface area contributed by atoms with Crippen LogP contribution in [0.25, 0.3) is 0 Å². The highest BCUT2D eigenvalue weighted by atomic mass is 79.9. The normalized spacial score (nSPS) is 13.0. The molecule has 0 rings (SSSR count). The van der Waals surface area contributed by atoms with Gasteiger partial charge in [-0.2, -0.15) is 0 Å². The average Bonchev–Trinajstić information content (AvgIpc) is 2.48. The predicted octanol–water partition coefficient (Wildman–Crippen LogP) is 7.94. The highest BCUT2D eigenvalue weighted by molar-refractivity contribution is 9.09. The van der Waals surface area contributed by atoms with Crippen molar-refractivity contribution in [1.82, 2.24) is 0 Å². The Bertz CT molecular complexity index is 277. The molecule has 0 aromatic rings. The molecule has 0 amide bonds. The lowest BCUT2D eigenvalue weighted by Crippen LogP contribution is -2.45. The van der Waals surface area contributed by atoms with E-state index in [-0.39, 0.29) is 0 Å². The fourth-order valence-electron chi connectivity index (χ4n) is 2.82. The van der Waals surface area contributed by atoms with E-state index in [2.05, 4.69) is 56.7 Å². The minimum absolute atomic E-state index is 0.349. The molecule has 23 heavy (non-hydrogen) atoms. The Morgan fingerprint density at radius 1 is 0.783 bits per heavy atom. The van der Waals surface area contributed by atoms with Crippen LogP contribution in [0.4, 0.5) is 0 Å². The summed E-state index contributed by atoms with van der Waals surface area (Å²) in [5.41, 5.74) is 0. The topological polar surface area (TPSA) is 9.23 Å². The van der Waals surface area contributed by atoms with Crippen LogP contribution in [0.15, 0.2) is 0 Å². The van der Waals surface area contributed by atoms with Gasteiger partial charge in [0.1, 0.15) is 0 Å². The summed E-state index contributed by atoms with van der Waals surface area (Å²) < 4.78 is 6.37. The van der Waals surface area contributed by atoms with Gasteiger partial charge in [0.25, 0.3) is 0 Å². The van der Waals surface area contributed by atoms with Gasteiger partial charge >= 0.3 is 0 Å². The SMILES string of the molecule is CC(C)C(C)(C)[Si](C)(C)OCCCCCCCCCCCCBr. The molecule has 0 unspecified atom stereocenters. The van der Waals surface area contributed by atoms with Gasteiger partial charge in [-0.1, -0.05) is 95.0 Å². The summed E-state index contributed by atoms with van der Waals surface area (Å²) >= 11 is 3.50. The van der Waals surface area contributed by atoms with Gasteiger partial charge in [-0.15, -0.1) is 0 Å². The van der Waals surface area contributed by atoms with E-state index in [0.717, 1.165) is 6.61 Å². The maximum atomic E-state index is 6.37. The third-order valence-corrected chi connectivity index (χ3v) is 11.2. The zero-order valence-corrected chi connectivity index (χ0v) is 19.4. The summed E-state index contributed by atoms with van der Waals surface area (Å²) in [7, 11) is -1.59. The van der Waals surface area contributed by atoms with Crippen LogP contribution in [0.2, 0.25) is 18.1 Å². The first kappa shape index (κ1) is 23.7. The summed E-state index contributed by atoms with van der Waals surface area (Å²) in [4.78, 5) is 0. The van der Waals surface area contributed by atoms with E-state index in [4.69, 9.17) is 4.43 Å². The molecule has 0 atom stereocenters. The lowest BCUT2D eigenvalue weighted by molar-refractivity contribution is 0.258. The van der Waals surface area contributed by atoms with E-state index in [1.165, 1.54) is 69.5 Å².